The number of benzene rings is 1. The standard InChI is InChI=1S/C21H27FN6O5/c1-14-11-27(21(30)33-14)16-3-4-19(18(22)9-16)25-7-5-24(6-8-25)12-17(29)13-26-15(2)23-10-20(26)28(31)32/h3-4,9-10,14,17,29H,5-8,11-13H2,1-2H3. The van der Waals surface area contributed by atoms with E-state index in [9.17, 15) is 24.4 Å². The zero-order chi connectivity index (χ0) is 23.7. The summed E-state index contributed by atoms with van der Waals surface area (Å²) in [6.45, 7) is 6.61. The lowest BCUT2D eigenvalue weighted by Gasteiger charge is -2.37. The van der Waals surface area contributed by atoms with Crippen LogP contribution in [0.25, 0.3) is 0 Å². The highest BCUT2D eigenvalue weighted by molar-refractivity contribution is 5.90. The molecule has 2 aliphatic heterocycles. The Labute approximate surface area is 190 Å². The first kappa shape index (κ1) is 22.9. The maximum Gasteiger partial charge on any atom is 0.414 e. The smallest absolute Gasteiger partial charge is 0.414 e. The number of amides is 1. The highest BCUT2D eigenvalue weighted by Gasteiger charge is 2.30. The summed E-state index contributed by atoms with van der Waals surface area (Å²) in [4.78, 5) is 31.8. The van der Waals surface area contributed by atoms with Crippen molar-refractivity contribution in [2.24, 2.45) is 0 Å². The molecule has 0 saturated carbocycles. The molecule has 12 heteroatoms. The number of piperazine rings is 1. The number of carbonyl (C=O) groups is 1. The van der Waals surface area contributed by atoms with E-state index in [0.29, 0.717) is 56.5 Å². The van der Waals surface area contributed by atoms with E-state index in [2.05, 4.69) is 4.98 Å². The summed E-state index contributed by atoms with van der Waals surface area (Å²) in [5.74, 6) is -0.0793. The summed E-state index contributed by atoms with van der Waals surface area (Å²) in [5.41, 5.74) is 0.931. The largest absolute Gasteiger partial charge is 0.444 e. The van der Waals surface area contributed by atoms with Crippen molar-refractivity contribution >= 4 is 23.3 Å². The SMILES string of the molecule is Cc1ncc([N+](=O)[O-])n1CC(O)CN1CCN(c2ccc(N3CC(C)OC3=O)cc2F)CC1. The first-order valence-electron chi connectivity index (χ1n) is 10.8. The molecule has 0 radical (unpaired) electrons. The minimum Gasteiger partial charge on any atom is -0.444 e. The number of nitrogens with zero attached hydrogens (tertiary/aromatic N) is 6. The van der Waals surface area contributed by atoms with Gasteiger partial charge in [-0.2, -0.15) is 0 Å². The van der Waals surface area contributed by atoms with Gasteiger partial charge in [-0.25, -0.2) is 18.7 Å². The summed E-state index contributed by atoms with van der Waals surface area (Å²) >= 11 is 0. The Morgan fingerprint density at radius 2 is 2.03 bits per heavy atom. The lowest BCUT2D eigenvalue weighted by atomic mass is 10.2. The number of cyclic esters (lactones) is 1. The third-order valence-corrected chi connectivity index (χ3v) is 6.00. The molecule has 2 fully saturated rings. The van der Waals surface area contributed by atoms with E-state index >= 15 is 0 Å². The lowest BCUT2D eigenvalue weighted by Crippen LogP contribution is -2.49. The van der Waals surface area contributed by atoms with Crippen molar-refractivity contribution in [3.63, 3.8) is 0 Å². The molecule has 2 aliphatic rings. The molecular formula is C21H27FN6O5. The molecule has 1 amide bonds. The normalized spacial score (nSPS) is 20.2. The molecular weight excluding hydrogens is 435 g/mol. The van der Waals surface area contributed by atoms with Gasteiger partial charge in [0.2, 0.25) is 0 Å². The quantitative estimate of drug-likeness (QED) is 0.489. The molecule has 2 atom stereocenters. The van der Waals surface area contributed by atoms with Gasteiger partial charge >= 0.3 is 11.9 Å². The van der Waals surface area contributed by atoms with E-state index < -0.39 is 22.9 Å². The molecule has 11 nitrogen and oxygen atoms in total. The zero-order valence-corrected chi connectivity index (χ0v) is 18.6. The number of rotatable bonds is 7. The highest BCUT2D eigenvalue weighted by atomic mass is 19.1. The number of hydrogen-bond acceptors (Lipinski definition) is 8. The Bertz CT molecular complexity index is 1040. The van der Waals surface area contributed by atoms with Crippen LogP contribution in [-0.4, -0.2) is 82.1 Å². The van der Waals surface area contributed by atoms with Crippen LogP contribution in [0.2, 0.25) is 0 Å². The predicted molar refractivity (Wildman–Crippen MR) is 118 cm³/mol. The van der Waals surface area contributed by atoms with Crippen molar-refractivity contribution in [2.75, 3.05) is 49.1 Å². The molecule has 1 aromatic carbocycles. The number of aromatic nitrogens is 2. The number of hydrogen-bond donors (Lipinski definition) is 1. The van der Waals surface area contributed by atoms with E-state index in [-0.39, 0.29) is 18.5 Å². The third-order valence-electron chi connectivity index (χ3n) is 6.00. The van der Waals surface area contributed by atoms with Crippen molar-refractivity contribution < 1.29 is 24.0 Å². The Balaban J connectivity index is 1.32. The van der Waals surface area contributed by atoms with Crippen LogP contribution < -0.4 is 9.80 Å². The average molecular weight is 462 g/mol. The Morgan fingerprint density at radius 1 is 1.30 bits per heavy atom. The van der Waals surface area contributed by atoms with E-state index in [1.807, 2.05) is 9.80 Å². The predicted octanol–water partition coefficient (Wildman–Crippen LogP) is 1.77. The number of halogens is 1. The van der Waals surface area contributed by atoms with Gasteiger partial charge in [-0.05, 0) is 30.0 Å². The number of aryl methyl sites for hydroxylation is 1. The average Bonchev–Trinajstić information content (AvgIpc) is 3.30. The van der Waals surface area contributed by atoms with Gasteiger partial charge in [0.15, 0.2) is 5.82 Å². The van der Waals surface area contributed by atoms with E-state index in [1.165, 1.54) is 21.7 Å². The molecule has 3 heterocycles. The molecule has 0 bridgehead atoms. The summed E-state index contributed by atoms with van der Waals surface area (Å²) < 4.78 is 21.3. The lowest BCUT2D eigenvalue weighted by molar-refractivity contribution is -0.392. The Kier molecular flexibility index (Phi) is 6.47. The second-order valence-electron chi connectivity index (χ2n) is 8.41. The van der Waals surface area contributed by atoms with Crippen LogP contribution in [-0.2, 0) is 11.3 Å². The third kappa shape index (κ3) is 4.91. The Morgan fingerprint density at radius 3 is 2.64 bits per heavy atom. The first-order valence-corrected chi connectivity index (χ1v) is 10.8. The van der Waals surface area contributed by atoms with Crippen LogP contribution in [0.1, 0.15) is 12.7 Å². The van der Waals surface area contributed by atoms with E-state index in [1.54, 1.807) is 26.0 Å². The highest BCUT2D eigenvalue weighted by Crippen LogP contribution is 2.28. The monoisotopic (exact) mass is 462 g/mol. The van der Waals surface area contributed by atoms with Crippen LogP contribution >= 0.6 is 0 Å². The fraction of sp³-hybridized carbons (Fsp3) is 0.524. The van der Waals surface area contributed by atoms with Gasteiger partial charge in [0, 0.05) is 39.6 Å². The molecule has 2 unspecified atom stereocenters. The van der Waals surface area contributed by atoms with Crippen molar-refractivity contribution in [1.29, 1.82) is 0 Å². The van der Waals surface area contributed by atoms with Crippen molar-refractivity contribution in [1.82, 2.24) is 14.5 Å². The number of nitro groups is 1. The van der Waals surface area contributed by atoms with Gasteiger partial charge in [0.05, 0.1) is 17.9 Å². The number of aliphatic hydroxyl groups excluding tert-OH is 1. The number of β-amino-alcohol motifs (C(OH)–C–C–N with tert-alkyl or cyclic N) is 1. The molecule has 33 heavy (non-hydrogen) atoms. The summed E-state index contributed by atoms with van der Waals surface area (Å²) in [5, 5.41) is 21.6. The van der Waals surface area contributed by atoms with Crippen molar-refractivity contribution in [2.45, 2.75) is 32.6 Å². The summed E-state index contributed by atoms with van der Waals surface area (Å²) in [7, 11) is 0. The van der Waals surface area contributed by atoms with Gasteiger partial charge in [-0.15, -0.1) is 0 Å². The number of carbonyl (C=O) groups excluding carboxylic acids is 1. The van der Waals surface area contributed by atoms with Gasteiger partial charge in [-0.1, -0.05) is 0 Å². The molecule has 2 saturated heterocycles. The molecule has 4 rings (SSSR count). The minimum atomic E-state index is -0.804. The maximum absolute atomic E-state index is 14.8. The second kappa shape index (κ2) is 9.32. The van der Waals surface area contributed by atoms with E-state index in [0.717, 1.165) is 0 Å². The van der Waals surface area contributed by atoms with Gasteiger partial charge in [0.25, 0.3) is 0 Å². The minimum absolute atomic E-state index is 0.0794. The molecule has 2 aromatic rings. The summed E-state index contributed by atoms with van der Waals surface area (Å²) in [6.07, 6.45) is -0.319. The molecule has 1 aromatic heterocycles. The van der Waals surface area contributed by atoms with Crippen LogP contribution in [0.4, 0.5) is 26.4 Å². The number of imidazole rings is 1. The molecule has 178 valence electrons. The van der Waals surface area contributed by atoms with Gasteiger partial charge in [-0.3, -0.25) is 9.80 Å². The van der Waals surface area contributed by atoms with Crippen LogP contribution in [0.15, 0.2) is 24.4 Å². The number of anilines is 2. The fourth-order valence-corrected chi connectivity index (χ4v) is 4.30. The van der Waals surface area contributed by atoms with Crippen LogP contribution in [0.3, 0.4) is 0 Å². The Hall–Kier alpha value is -3.25. The topological polar surface area (TPSA) is 117 Å². The first-order chi connectivity index (χ1) is 15.7. The molecule has 1 N–H and O–H groups in total. The van der Waals surface area contributed by atoms with Crippen LogP contribution in [0, 0.1) is 22.9 Å². The zero-order valence-electron chi connectivity index (χ0n) is 18.6. The fourth-order valence-electron chi connectivity index (χ4n) is 4.30. The molecule has 0 aliphatic carbocycles. The van der Waals surface area contributed by atoms with Crippen molar-refractivity contribution in [3.05, 3.63) is 46.2 Å². The summed E-state index contributed by atoms with van der Waals surface area (Å²) in [6, 6.07) is 4.74. The number of ether oxygens (including phenoxy) is 1. The van der Waals surface area contributed by atoms with E-state index in [4.69, 9.17) is 4.74 Å². The second-order valence-corrected chi connectivity index (χ2v) is 8.41. The van der Waals surface area contributed by atoms with Gasteiger partial charge in [0.1, 0.15) is 30.8 Å². The molecule has 0 spiro atoms. The maximum atomic E-state index is 14.8. The van der Waals surface area contributed by atoms with Gasteiger partial charge < -0.3 is 24.9 Å². The number of aliphatic hydroxyl groups is 1. The van der Waals surface area contributed by atoms with Crippen LogP contribution in [0.5, 0.6) is 0 Å². The van der Waals surface area contributed by atoms with Crippen molar-refractivity contribution in [3.8, 4) is 0 Å².